The highest BCUT2D eigenvalue weighted by molar-refractivity contribution is 5.83. The van der Waals surface area contributed by atoms with Crippen molar-refractivity contribution in [3.05, 3.63) is 59.7 Å². The Labute approximate surface area is 212 Å². The maximum atomic E-state index is 5.64. The van der Waals surface area contributed by atoms with Gasteiger partial charge < -0.3 is 4.74 Å². The number of allylic oxidation sites excluding steroid dienone is 1. The summed E-state index contributed by atoms with van der Waals surface area (Å²) in [6.07, 6.45) is 13.9. The topological polar surface area (TPSA) is 12.5 Å². The van der Waals surface area contributed by atoms with Crippen LogP contribution in [0.15, 0.2) is 54.1 Å². The third-order valence-corrected chi connectivity index (χ3v) is 11.8. The predicted octanol–water partition coefficient (Wildman–Crippen LogP) is 7.59. The van der Waals surface area contributed by atoms with Crippen molar-refractivity contribution < 1.29 is 4.74 Å². The molecule has 5 aliphatic rings. The maximum absolute atomic E-state index is 5.64. The van der Waals surface area contributed by atoms with Crippen LogP contribution in [0.1, 0.15) is 76.7 Å². The van der Waals surface area contributed by atoms with Gasteiger partial charge in [-0.05, 0) is 102 Å². The molecule has 0 amide bonds. The van der Waals surface area contributed by atoms with Crippen LogP contribution in [0.2, 0.25) is 0 Å². The summed E-state index contributed by atoms with van der Waals surface area (Å²) in [4.78, 5) is 2.74. The van der Waals surface area contributed by atoms with Crippen molar-refractivity contribution >= 4 is 10.8 Å². The van der Waals surface area contributed by atoms with Crippen LogP contribution >= 0.6 is 0 Å². The van der Waals surface area contributed by atoms with Crippen molar-refractivity contribution in [2.75, 3.05) is 26.3 Å². The SMILES string of the molecule is C[C@]12CC[C@H]3[C@@H](CC=C4C[C@@H](N5CCOCC5)CC[C@@]43C)[C@@H]1CC[C@@H]2c1ccc2ccccc2c1. The van der Waals surface area contributed by atoms with Gasteiger partial charge in [-0.3, -0.25) is 4.90 Å². The molecule has 4 fully saturated rings. The lowest BCUT2D eigenvalue weighted by molar-refractivity contribution is -0.0442. The second-order valence-electron chi connectivity index (χ2n) is 13.1. The highest BCUT2D eigenvalue weighted by atomic mass is 16.5. The fraction of sp³-hybridized carbons (Fsp3) is 0.636. The molecule has 7 atom stereocenters. The molecule has 0 unspecified atom stereocenters. The number of fused-ring (bicyclic) bond motifs is 6. The summed E-state index contributed by atoms with van der Waals surface area (Å²) in [6.45, 7) is 9.47. The van der Waals surface area contributed by atoms with Crippen molar-refractivity contribution in [1.29, 1.82) is 0 Å². The van der Waals surface area contributed by atoms with Gasteiger partial charge in [-0.25, -0.2) is 0 Å². The predicted molar refractivity (Wildman–Crippen MR) is 145 cm³/mol. The van der Waals surface area contributed by atoms with E-state index in [0.29, 0.717) is 10.8 Å². The molecule has 1 aliphatic heterocycles. The van der Waals surface area contributed by atoms with Crippen LogP contribution in [-0.4, -0.2) is 37.2 Å². The standard InChI is InChI=1S/C33H43NO/c1-32-15-13-27(34-17-19-35-20-18-34)22-26(32)9-10-28-30-12-11-29(33(30,2)16-14-31(28)32)25-8-7-23-5-3-4-6-24(23)21-25/h3-9,21,27-31H,10-20,22H2,1-2H3/t27-,28-,29+,30-,31-,32-,33+/m0/s1. The molecule has 2 aromatic carbocycles. The highest BCUT2D eigenvalue weighted by Gasteiger charge is 2.58. The monoisotopic (exact) mass is 469 g/mol. The van der Waals surface area contributed by atoms with Gasteiger partial charge in [0.2, 0.25) is 0 Å². The number of ether oxygens (including phenoxy) is 1. The molecule has 4 aliphatic carbocycles. The summed E-state index contributed by atoms with van der Waals surface area (Å²) in [6, 6.07) is 17.0. The molecule has 1 heterocycles. The lowest BCUT2D eigenvalue weighted by Crippen LogP contribution is -2.52. The Morgan fingerprint density at radius 3 is 2.54 bits per heavy atom. The van der Waals surface area contributed by atoms with Crippen LogP contribution in [0.3, 0.4) is 0 Å². The number of morpholine rings is 1. The minimum atomic E-state index is 0.452. The minimum absolute atomic E-state index is 0.452. The van der Waals surface area contributed by atoms with Crippen molar-refractivity contribution in [3.8, 4) is 0 Å². The highest BCUT2D eigenvalue weighted by Crippen LogP contribution is 2.68. The lowest BCUT2D eigenvalue weighted by Gasteiger charge is -2.59. The van der Waals surface area contributed by atoms with Crippen molar-refractivity contribution in [3.63, 3.8) is 0 Å². The van der Waals surface area contributed by atoms with E-state index in [-0.39, 0.29) is 0 Å². The number of hydrogen-bond donors (Lipinski definition) is 0. The number of hydrogen-bond acceptors (Lipinski definition) is 2. The molecule has 0 aromatic heterocycles. The summed E-state index contributed by atoms with van der Waals surface area (Å²) < 4.78 is 5.64. The number of nitrogens with zero attached hydrogens (tertiary/aromatic N) is 1. The molecule has 0 spiro atoms. The summed E-state index contributed by atoms with van der Waals surface area (Å²) in [5.41, 5.74) is 4.36. The molecule has 2 heteroatoms. The first-order chi connectivity index (χ1) is 17.1. The van der Waals surface area contributed by atoms with Crippen molar-refractivity contribution in [2.45, 2.75) is 77.2 Å². The maximum Gasteiger partial charge on any atom is 0.0594 e. The molecule has 2 aromatic rings. The Bertz CT molecular complexity index is 1130. The Kier molecular flexibility index (Phi) is 5.45. The van der Waals surface area contributed by atoms with E-state index < -0.39 is 0 Å². The van der Waals surface area contributed by atoms with Gasteiger partial charge in [0.25, 0.3) is 0 Å². The van der Waals surface area contributed by atoms with E-state index >= 15 is 0 Å². The van der Waals surface area contributed by atoms with Gasteiger partial charge in [-0.15, -0.1) is 0 Å². The van der Waals surface area contributed by atoms with Crippen LogP contribution in [0.25, 0.3) is 10.8 Å². The Balaban J connectivity index is 1.14. The third-order valence-electron chi connectivity index (χ3n) is 11.8. The summed E-state index contributed by atoms with van der Waals surface area (Å²) in [5, 5.41) is 2.80. The van der Waals surface area contributed by atoms with Gasteiger partial charge in [0, 0.05) is 19.1 Å². The van der Waals surface area contributed by atoms with Gasteiger partial charge in [-0.1, -0.05) is 68.0 Å². The molecule has 2 nitrogen and oxygen atoms in total. The van der Waals surface area contributed by atoms with Crippen LogP contribution in [0, 0.1) is 28.6 Å². The first-order valence-electron chi connectivity index (χ1n) is 14.6. The Morgan fingerprint density at radius 1 is 0.857 bits per heavy atom. The smallest absolute Gasteiger partial charge is 0.0594 e. The van der Waals surface area contributed by atoms with Crippen molar-refractivity contribution in [1.82, 2.24) is 4.90 Å². The molecular weight excluding hydrogens is 426 g/mol. The lowest BCUT2D eigenvalue weighted by atomic mass is 9.47. The molecule has 186 valence electrons. The fourth-order valence-electron chi connectivity index (χ4n) is 9.87. The van der Waals surface area contributed by atoms with Gasteiger partial charge >= 0.3 is 0 Å². The summed E-state index contributed by atoms with van der Waals surface area (Å²) in [5.74, 6) is 3.42. The van der Waals surface area contributed by atoms with E-state index in [2.05, 4.69) is 67.3 Å². The van der Waals surface area contributed by atoms with Gasteiger partial charge in [0.15, 0.2) is 0 Å². The molecular formula is C33H43NO. The van der Waals surface area contributed by atoms with E-state index in [4.69, 9.17) is 4.74 Å². The molecule has 0 bridgehead atoms. The van der Waals surface area contributed by atoms with Crippen LogP contribution in [-0.2, 0) is 4.74 Å². The quantitative estimate of drug-likeness (QED) is 0.420. The molecule has 0 radical (unpaired) electrons. The minimum Gasteiger partial charge on any atom is -0.379 e. The van der Waals surface area contributed by atoms with Crippen LogP contribution in [0.4, 0.5) is 0 Å². The van der Waals surface area contributed by atoms with E-state index in [0.717, 1.165) is 56.0 Å². The van der Waals surface area contributed by atoms with E-state index in [1.54, 1.807) is 5.56 Å². The zero-order chi connectivity index (χ0) is 23.6. The van der Waals surface area contributed by atoms with Crippen molar-refractivity contribution in [2.24, 2.45) is 28.6 Å². The Morgan fingerprint density at radius 2 is 1.69 bits per heavy atom. The first kappa shape index (κ1) is 22.5. The average Bonchev–Trinajstić information content (AvgIpc) is 3.25. The molecule has 0 N–H and O–H groups in total. The van der Waals surface area contributed by atoms with E-state index in [1.807, 2.05) is 5.57 Å². The van der Waals surface area contributed by atoms with Crippen LogP contribution in [0.5, 0.6) is 0 Å². The molecule has 35 heavy (non-hydrogen) atoms. The first-order valence-corrected chi connectivity index (χ1v) is 14.6. The zero-order valence-electron chi connectivity index (χ0n) is 21.8. The van der Waals surface area contributed by atoms with Gasteiger partial charge in [0.05, 0.1) is 13.2 Å². The zero-order valence-corrected chi connectivity index (χ0v) is 21.8. The number of rotatable bonds is 2. The molecule has 1 saturated heterocycles. The van der Waals surface area contributed by atoms with E-state index in [9.17, 15) is 0 Å². The largest absolute Gasteiger partial charge is 0.379 e. The second-order valence-corrected chi connectivity index (χ2v) is 13.1. The fourth-order valence-corrected chi connectivity index (χ4v) is 9.87. The van der Waals surface area contributed by atoms with Crippen LogP contribution < -0.4 is 0 Å². The molecule has 7 rings (SSSR count). The molecule has 3 saturated carbocycles. The Hall–Kier alpha value is -1.64. The number of benzene rings is 2. The normalized spacial score (nSPS) is 41.7. The summed E-state index contributed by atoms with van der Waals surface area (Å²) in [7, 11) is 0. The average molecular weight is 470 g/mol. The van der Waals surface area contributed by atoms with Gasteiger partial charge in [-0.2, -0.15) is 0 Å². The summed E-state index contributed by atoms with van der Waals surface area (Å²) >= 11 is 0. The third kappa shape index (κ3) is 3.50. The van der Waals surface area contributed by atoms with Gasteiger partial charge in [0.1, 0.15) is 0 Å². The van der Waals surface area contributed by atoms with E-state index in [1.165, 1.54) is 62.1 Å². The second kappa shape index (κ2) is 8.45.